The molecule has 3 rings (SSSR count). The van der Waals surface area contributed by atoms with Crippen molar-refractivity contribution >= 4 is 5.91 Å². The number of ether oxygens (including phenoxy) is 1. The van der Waals surface area contributed by atoms with Crippen molar-refractivity contribution in [3.63, 3.8) is 0 Å². The van der Waals surface area contributed by atoms with E-state index in [9.17, 15) is 9.18 Å². The zero-order chi connectivity index (χ0) is 23.1. The van der Waals surface area contributed by atoms with Gasteiger partial charge in [-0.2, -0.15) is 0 Å². The van der Waals surface area contributed by atoms with Gasteiger partial charge in [-0.05, 0) is 48.2 Å². The number of nitrogens with one attached hydrogen (secondary N) is 1. The molecule has 0 aliphatic carbocycles. The average molecular weight is 440 g/mol. The molecule has 0 saturated heterocycles. The second-order valence-electron chi connectivity index (χ2n) is 8.18. The van der Waals surface area contributed by atoms with Gasteiger partial charge in [0.1, 0.15) is 17.8 Å². The van der Waals surface area contributed by atoms with E-state index in [0.29, 0.717) is 24.9 Å². The molecule has 1 N–H and O–H groups in total. The fourth-order valence-corrected chi connectivity index (χ4v) is 3.31. The largest absolute Gasteiger partial charge is 0.497 e. The summed E-state index contributed by atoms with van der Waals surface area (Å²) in [6.45, 7) is 7.98. The first kappa shape index (κ1) is 23.5. The molecule has 1 amide bonds. The lowest BCUT2D eigenvalue weighted by atomic mass is 10.0. The minimum atomic E-state index is -0.333. The van der Waals surface area contributed by atoms with Crippen LogP contribution in [-0.4, -0.2) is 28.9 Å². The predicted molar refractivity (Wildman–Crippen MR) is 121 cm³/mol. The van der Waals surface area contributed by atoms with Crippen LogP contribution in [0.2, 0.25) is 0 Å². The van der Waals surface area contributed by atoms with E-state index in [0.717, 1.165) is 16.9 Å². The molecule has 0 saturated carbocycles. The van der Waals surface area contributed by atoms with Crippen LogP contribution in [0.25, 0.3) is 0 Å². The van der Waals surface area contributed by atoms with Crippen molar-refractivity contribution in [3.8, 4) is 5.75 Å². The van der Waals surface area contributed by atoms with Gasteiger partial charge in [-0.1, -0.05) is 38.1 Å². The number of hydrogen-bond donors (Lipinski definition) is 1. The molecule has 0 unspecified atom stereocenters. The number of hydrogen-bond acceptors (Lipinski definition) is 5. The molecule has 0 bridgehead atoms. The summed E-state index contributed by atoms with van der Waals surface area (Å²) in [5.74, 6) is 1.08. The van der Waals surface area contributed by atoms with Crippen LogP contribution in [0.3, 0.4) is 0 Å². The summed E-state index contributed by atoms with van der Waals surface area (Å²) in [7, 11) is 1.66. The fraction of sp³-hybridized carbons (Fsp3) is 0.360. The first-order valence-electron chi connectivity index (χ1n) is 10.7. The van der Waals surface area contributed by atoms with E-state index in [1.165, 1.54) is 18.4 Å². The lowest BCUT2D eigenvalue weighted by Crippen LogP contribution is -2.36. The van der Waals surface area contributed by atoms with E-state index in [4.69, 9.17) is 9.15 Å². The van der Waals surface area contributed by atoms with E-state index in [1.807, 2.05) is 18.2 Å². The third-order valence-corrected chi connectivity index (χ3v) is 5.55. The third-order valence-electron chi connectivity index (χ3n) is 5.55. The first-order chi connectivity index (χ1) is 15.4. The van der Waals surface area contributed by atoms with Gasteiger partial charge in [0.15, 0.2) is 5.69 Å². The maximum absolute atomic E-state index is 13.0. The number of carbonyl (C=O) groups is 1. The summed E-state index contributed by atoms with van der Waals surface area (Å²) in [4.78, 5) is 19.1. The van der Waals surface area contributed by atoms with Crippen LogP contribution >= 0.6 is 0 Å². The van der Waals surface area contributed by atoms with Crippen LogP contribution in [0.15, 0.2) is 59.2 Å². The molecule has 1 heterocycles. The number of methoxy groups -OCH3 is 1. The van der Waals surface area contributed by atoms with Gasteiger partial charge in [0.2, 0.25) is 5.89 Å². The topological polar surface area (TPSA) is 67.6 Å². The van der Waals surface area contributed by atoms with E-state index in [1.54, 1.807) is 19.2 Å². The molecule has 0 radical (unpaired) electrons. The van der Waals surface area contributed by atoms with Gasteiger partial charge in [0.25, 0.3) is 5.91 Å². The van der Waals surface area contributed by atoms with Crippen LogP contribution in [0.4, 0.5) is 4.39 Å². The minimum Gasteiger partial charge on any atom is -0.497 e. The molecule has 3 aromatic rings. The van der Waals surface area contributed by atoms with Crippen LogP contribution < -0.4 is 10.1 Å². The Morgan fingerprint density at radius 3 is 2.56 bits per heavy atom. The second kappa shape index (κ2) is 10.9. The Balaban J connectivity index is 1.66. The van der Waals surface area contributed by atoms with Crippen molar-refractivity contribution in [2.75, 3.05) is 7.11 Å². The summed E-state index contributed by atoms with van der Waals surface area (Å²) in [6, 6.07) is 14.2. The molecule has 2 aromatic carbocycles. The highest BCUT2D eigenvalue weighted by molar-refractivity contribution is 5.91. The van der Waals surface area contributed by atoms with Crippen LogP contribution in [0.1, 0.15) is 48.3 Å². The predicted octanol–water partition coefficient (Wildman–Crippen LogP) is 4.80. The number of carbonyl (C=O) groups excluding carboxylic acids is 1. The maximum atomic E-state index is 13.0. The Kier molecular flexibility index (Phi) is 8.00. The Labute approximate surface area is 188 Å². The van der Waals surface area contributed by atoms with Crippen molar-refractivity contribution in [2.24, 2.45) is 5.92 Å². The van der Waals surface area contributed by atoms with E-state index < -0.39 is 0 Å². The Hall–Kier alpha value is -3.19. The molecule has 0 fully saturated rings. The number of aromatic nitrogens is 1. The molecule has 0 aliphatic rings. The van der Waals surface area contributed by atoms with E-state index in [-0.39, 0.29) is 30.0 Å². The standard InChI is InChI=1S/C25H30FN3O3/c1-17(2)18(3)29(14-20-6-5-7-22(12-20)31-4)15-24-28-23(16-32-24)25(30)27-13-19-8-10-21(26)11-9-19/h5-12,16-18H,13-15H2,1-4H3,(H,27,30)/t18-/m1/s1. The second-order valence-corrected chi connectivity index (χ2v) is 8.18. The lowest BCUT2D eigenvalue weighted by Gasteiger charge is -2.30. The Morgan fingerprint density at radius 1 is 1.12 bits per heavy atom. The molecule has 7 heteroatoms. The highest BCUT2D eigenvalue weighted by atomic mass is 19.1. The highest BCUT2D eigenvalue weighted by Crippen LogP contribution is 2.20. The van der Waals surface area contributed by atoms with Crippen molar-refractivity contribution in [1.82, 2.24) is 15.2 Å². The number of benzene rings is 2. The van der Waals surface area contributed by atoms with Crippen molar-refractivity contribution < 1.29 is 18.3 Å². The van der Waals surface area contributed by atoms with E-state index >= 15 is 0 Å². The molecule has 0 aliphatic heterocycles. The Morgan fingerprint density at radius 2 is 1.88 bits per heavy atom. The minimum absolute atomic E-state index is 0.223. The zero-order valence-corrected chi connectivity index (χ0v) is 19.0. The summed E-state index contributed by atoms with van der Waals surface area (Å²) in [6.07, 6.45) is 1.37. The zero-order valence-electron chi connectivity index (χ0n) is 19.0. The van der Waals surface area contributed by atoms with Crippen LogP contribution in [0.5, 0.6) is 5.75 Å². The fourth-order valence-electron chi connectivity index (χ4n) is 3.31. The molecule has 170 valence electrons. The quantitative estimate of drug-likeness (QED) is 0.492. The summed E-state index contributed by atoms with van der Waals surface area (Å²) in [5.41, 5.74) is 2.15. The average Bonchev–Trinajstić information content (AvgIpc) is 3.26. The molecular formula is C25H30FN3O3. The van der Waals surface area contributed by atoms with Gasteiger partial charge in [0, 0.05) is 19.1 Å². The number of amides is 1. The van der Waals surface area contributed by atoms with E-state index in [2.05, 4.69) is 42.0 Å². The Bertz CT molecular complexity index is 1020. The van der Waals surface area contributed by atoms with Crippen molar-refractivity contribution in [3.05, 3.63) is 83.3 Å². The molecule has 6 nitrogen and oxygen atoms in total. The normalized spacial score (nSPS) is 12.2. The van der Waals surface area contributed by atoms with Crippen molar-refractivity contribution in [1.29, 1.82) is 0 Å². The number of halogens is 1. The third kappa shape index (κ3) is 6.40. The van der Waals surface area contributed by atoms with Gasteiger partial charge in [0.05, 0.1) is 13.7 Å². The van der Waals surface area contributed by atoms with Crippen LogP contribution in [-0.2, 0) is 19.6 Å². The summed E-state index contributed by atoms with van der Waals surface area (Å²) in [5, 5.41) is 2.78. The summed E-state index contributed by atoms with van der Waals surface area (Å²) >= 11 is 0. The maximum Gasteiger partial charge on any atom is 0.273 e. The molecule has 1 atom stereocenters. The van der Waals surface area contributed by atoms with Gasteiger partial charge >= 0.3 is 0 Å². The number of oxazole rings is 1. The SMILES string of the molecule is COc1cccc(CN(Cc2nc(C(=O)NCc3ccc(F)cc3)co2)[C@H](C)C(C)C)c1. The van der Waals surface area contributed by atoms with Gasteiger partial charge in [-0.3, -0.25) is 9.69 Å². The highest BCUT2D eigenvalue weighted by Gasteiger charge is 2.21. The molecule has 1 aromatic heterocycles. The van der Waals surface area contributed by atoms with Gasteiger partial charge < -0.3 is 14.5 Å². The molecule has 32 heavy (non-hydrogen) atoms. The lowest BCUT2D eigenvalue weighted by molar-refractivity contribution is 0.0945. The monoisotopic (exact) mass is 439 g/mol. The molecular weight excluding hydrogens is 409 g/mol. The summed E-state index contributed by atoms with van der Waals surface area (Å²) < 4.78 is 24.0. The van der Waals surface area contributed by atoms with Gasteiger partial charge in [-0.15, -0.1) is 0 Å². The number of nitrogens with zero attached hydrogens (tertiary/aromatic N) is 2. The van der Waals surface area contributed by atoms with Crippen LogP contribution in [0, 0.1) is 11.7 Å². The molecule has 0 spiro atoms. The van der Waals surface area contributed by atoms with Gasteiger partial charge in [-0.25, -0.2) is 9.37 Å². The van der Waals surface area contributed by atoms with Crippen molar-refractivity contribution in [2.45, 2.75) is 46.4 Å². The smallest absolute Gasteiger partial charge is 0.273 e. The number of rotatable bonds is 10. The first-order valence-corrected chi connectivity index (χ1v) is 10.7.